The number of benzene rings is 1. The lowest BCUT2D eigenvalue weighted by atomic mass is 10.1. The zero-order valence-corrected chi connectivity index (χ0v) is 13.2. The van der Waals surface area contributed by atoms with Crippen molar-refractivity contribution in [3.05, 3.63) is 41.3 Å². The van der Waals surface area contributed by atoms with Crippen LogP contribution in [0.2, 0.25) is 0 Å². The van der Waals surface area contributed by atoms with Gasteiger partial charge in [0.15, 0.2) is 0 Å². The van der Waals surface area contributed by atoms with E-state index >= 15 is 0 Å². The number of aryl methyl sites for hydroxylation is 2. The van der Waals surface area contributed by atoms with E-state index in [2.05, 4.69) is 25.2 Å². The Hall–Kier alpha value is -2.10. The monoisotopic (exact) mass is 288 g/mol. The highest BCUT2D eigenvalue weighted by Gasteiger charge is 2.13. The molecule has 2 aromatic rings. The maximum atomic E-state index is 5.93. The minimum atomic E-state index is 0.157. The lowest BCUT2D eigenvalue weighted by Crippen LogP contribution is -2.07. The van der Waals surface area contributed by atoms with Crippen LogP contribution >= 0.6 is 0 Å². The van der Waals surface area contributed by atoms with E-state index in [1.807, 2.05) is 32.0 Å². The third kappa shape index (κ3) is 3.72. The highest BCUT2D eigenvalue weighted by Crippen LogP contribution is 2.29. The summed E-state index contributed by atoms with van der Waals surface area (Å²) in [7, 11) is 0. The van der Waals surface area contributed by atoms with Gasteiger partial charge in [-0.15, -0.1) is 0 Å². The zero-order chi connectivity index (χ0) is 15.4. The fraction of sp³-hybridized carbons (Fsp3) is 0.412. The first-order chi connectivity index (χ1) is 10.0. The number of nitrogens with two attached hydrogens (primary N) is 1. The number of rotatable bonds is 6. The van der Waals surface area contributed by atoms with E-state index in [1.54, 1.807) is 0 Å². The Morgan fingerprint density at radius 2 is 2.05 bits per heavy atom. The largest absolute Gasteiger partial charge is 0.491 e. The van der Waals surface area contributed by atoms with Crippen molar-refractivity contribution < 1.29 is 9.15 Å². The fourth-order valence-electron chi connectivity index (χ4n) is 2.37. The van der Waals surface area contributed by atoms with E-state index in [9.17, 15) is 0 Å². The van der Waals surface area contributed by atoms with Gasteiger partial charge in [-0.25, -0.2) is 0 Å². The van der Waals surface area contributed by atoms with Crippen molar-refractivity contribution in [1.82, 2.24) is 0 Å². The van der Waals surface area contributed by atoms with E-state index in [1.165, 1.54) is 5.56 Å². The van der Waals surface area contributed by atoms with E-state index in [-0.39, 0.29) is 6.04 Å². The topological polar surface area (TPSA) is 60.4 Å². The van der Waals surface area contributed by atoms with Gasteiger partial charge in [0.05, 0.1) is 18.3 Å². The van der Waals surface area contributed by atoms with Crippen molar-refractivity contribution in [2.75, 3.05) is 17.7 Å². The molecule has 0 saturated carbocycles. The normalized spacial score (nSPS) is 12.2. The summed E-state index contributed by atoms with van der Waals surface area (Å²) >= 11 is 0. The van der Waals surface area contributed by atoms with Crippen LogP contribution in [0, 0.1) is 13.8 Å². The highest BCUT2D eigenvalue weighted by atomic mass is 16.5. The van der Waals surface area contributed by atoms with Gasteiger partial charge < -0.3 is 20.2 Å². The van der Waals surface area contributed by atoms with Crippen LogP contribution in [0.15, 0.2) is 28.7 Å². The summed E-state index contributed by atoms with van der Waals surface area (Å²) in [6, 6.07) is 8.01. The van der Waals surface area contributed by atoms with Crippen molar-refractivity contribution in [3.63, 3.8) is 0 Å². The van der Waals surface area contributed by atoms with Gasteiger partial charge in [-0.3, -0.25) is 0 Å². The first-order valence-corrected chi connectivity index (χ1v) is 7.37. The summed E-state index contributed by atoms with van der Waals surface area (Å²) in [5, 5.41) is 3.46. The van der Waals surface area contributed by atoms with Crippen LogP contribution in [0.3, 0.4) is 0 Å². The molecule has 4 heteroatoms. The van der Waals surface area contributed by atoms with Crippen LogP contribution in [-0.2, 0) is 0 Å². The average molecular weight is 288 g/mol. The molecular weight excluding hydrogens is 264 g/mol. The van der Waals surface area contributed by atoms with E-state index in [4.69, 9.17) is 14.9 Å². The lowest BCUT2D eigenvalue weighted by molar-refractivity contribution is 0.319. The molecule has 0 fully saturated rings. The number of nitrogens with one attached hydrogen (secondary N) is 1. The molecule has 0 aliphatic heterocycles. The Labute approximate surface area is 126 Å². The zero-order valence-electron chi connectivity index (χ0n) is 13.2. The molecule has 114 valence electrons. The molecule has 21 heavy (non-hydrogen) atoms. The highest BCUT2D eigenvalue weighted by molar-refractivity contribution is 5.61. The van der Waals surface area contributed by atoms with Crippen molar-refractivity contribution >= 4 is 11.4 Å². The van der Waals surface area contributed by atoms with Gasteiger partial charge in [-0.2, -0.15) is 0 Å². The molecule has 1 aromatic carbocycles. The predicted octanol–water partition coefficient (Wildman–Crippen LogP) is 4.44. The number of hydrogen-bond donors (Lipinski definition) is 2. The molecule has 0 radical (unpaired) electrons. The molecule has 0 aliphatic carbocycles. The van der Waals surface area contributed by atoms with Gasteiger partial charge in [0.2, 0.25) is 0 Å². The summed E-state index contributed by atoms with van der Waals surface area (Å²) in [6.07, 6.45) is 0.959. The summed E-state index contributed by atoms with van der Waals surface area (Å²) < 4.78 is 11.2. The molecule has 1 atom stereocenters. The number of hydrogen-bond acceptors (Lipinski definition) is 4. The maximum Gasteiger partial charge on any atom is 0.144 e. The quantitative estimate of drug-likeness (QED) is 0.771. The molecule has 0 spiro atoms. The first kappa shape index (κ1) is 15.3. The molecule has 0 aliphatic rings. The van der Waals surface area contributed by atoms with Crippen molar-refractivity contribution in [2.45, 2.75) is 40.2 Å². The van der Waals surface area contributed by atoms with Gasteiger partial charge >= 0.3 is 0 Å². The average Bonchev–Trinajstić information content (AvgIpc) is 2.78. The van der Waals surface area contributed by atoms with E-state index in [0.717, 1.165) is 29.4 Å². The molecule has 1 unspecified atom stereocenters. The molecule has 0 saturated heterocycles. The fourth-order valence-corrected chi connectivity index (χ4v) is 2.37. The Morgan fingerprint density at radius 1 is 1.29 bits per heavy atom. The number of furan rings is 1. The van der Waals surface area contributed by atoms with Gasteiger partial charge in [0, 0.05) is 17.3 Å². The molecular formula is C17H24N2O2. The minimum Gasteiger partial charge on any atom is -0.491 e. The first-order valence-electron chi connectivity index (χ1n) is 7.37. The molecule has 0 bridgehead atoms. The van der Waals surface area contributed by atoms with E-state index in [0.29, 0.717) is 12.3 Å². The molecule has 4 nitrogen and oxygen atoms in total. The van der Waals surface area contributed by atoms with Crippen molar-refractivity contribution in [2.24, 2.45) is 0 Å². The predicted molar refractivity (Wildman–Crippen MR) is 86.9 cm³/mol. The Kier molecular flexibility index (Phi) is 4.78. The van der Waals surface area contributed by atoms with Crippen LogP contribution in [-0.4, -0.2) is 6.61 Å². The minimum absolute atomic E-state index is 0.157. The summed E-state index contributed by atoms with van der Waals surface area (Å²) in [4.78, 5) is 0. The Bertz CT molecular complexity index is 605. The number of anilines is 2. The van der Waals surface area contributed by atoms with Crippen LogP contribution in [0.5, 0.6) is 5.75 Å². The van der Waals surface area contributed by atoms with Crippen molar-refractivity contribution in [3.8, 4) is 5.75 Å². The molecule has 1 heterocycles. The molecule has 1 aromatic heterocycles. The molecule has 2 rings (SSSR count). The second-order valence-electron chi connectivity index (χ2n) is 5.34. The second kappa shape index (κ2) is 6.57. The van der Waals surface area contributed by atoms with Gasteiger partial charge in [0.25, 0.3) is 0 Å². The van der Waals surface area contributed by atoms with Crippen LogP contribution in [0.25, 0.3) is 0 Å². The van der Waals surface area contributed by atoms with Crippen molar-refractivity contribution in [1.29, 1.82) is 0 Å². The third-order valence-electron chi connectivity index (χ3n) is 3.40. The Balaban J connectivity index is 2.13. The number of ether oxygens (including phenoxy) is 1. The van der Waals surface area contributed by atoms with E-state index < -0.39 is 0 Å². The van der Waals surface area contributed by atoms with Crippen LogP contribution in [0.4, 0.5) is 11.4 Å². The second-order valence-corrected chi connectivity index (χ2v) is 5.34. The lowest BCUT2D eigenvalue weighted by Gasteiger charge is -2.16. The maximum absolute atomic E-state index is 5.93. The summed E-state index contributed by atoms with van der Waals surface area (Å²) in [6.45, 7) is 8.80. The summed E-state index contributed by atoms with van der Waals surface area (Å²) in [5.41, 5.74) is 8.75. The smallest absolute Gasteiger partial charge is 0.144 e. The summed E-state index contributed by atoms with van der Waals surface area (Å²) in [5.74, 6) is 2.61. The van der Waals surface area contributed by atoms with Crippen LogP contribution < -0.4 is 15.8 Å². The van der Waals surface area contributed by atoms with Gasteiger partial charge in [-0.1, -0.05) is 6.92 Å². The SMILES string of the molecule is CCCOc1cc(NC(C)c2cc(C)oc2C)ccc1N. The van der Waals surface area contributed by atoms with Gasteiger partial charge in [0.1, 0.15) is 17.3 Å². The third-order valence-corrected chi connectivity index (χ3v) is 3.40. The van der Waals surface area contributed by atoms with Crippen LogP contribution in [0.1, 0.15) is 43.4 Å². The molecule has 3 N–H and O–H groups in total. The molecule has 0 amide bonds. The van der Waals surface area contributed by atoms with Gasteiger partial charge in [-0.05, 0) is 45.4 Å². The standard InChI is InChI=1S/C17H24N2O2/c1-5-8-20-17-10-14(6-7-16(17)18)19-12(3)15-9-11(2)21-13(15)4/h6-7,9-10,12,19H,5,8,18H2,1-4H3. The Morgan fingerprint density at radius 3 is 2.67 bits per heavy atom. The number of nitrogen functional groups attached to an aromatic ring is 1.